The molecule has 0 aliphatic rings. The van der Waals surface area contributed by atoms with Crippen LogP contribution in [0.5, 0.6) is 5.75 Å². The third-order valence-electron chi connectivity index (χ3n) is 5.44. The Bertz CT molecular complexity index is 1350. The number of rotatable bonds is 11. The van der Waals surface area contributed by atoms with Gasteiger partial charge in [0.25, 0.3) is 0 Å². The molecule has 0 saturated heterocycles. The summed E-state index contributed by atoms with van der Waals surface area (Å²) in [5, 5.41) is 10.4. The van der Waals surface area contributed by atoms with Crippen LogP contribution in [0.1, 0.15) is 24.2 Å². The molecule has 0 fully saturated rings. The summed E-state index contributed by atoms with van der Waals surface area (Å²) in [5.74, 6) is 1.38. The minimum absolute atomic E-state index is 0.328. The van der Waals surface area contributed by atoms with E-state index in [1.807, 2.05) is 46.5 Å². The summed E-state index contributed by atoms with van der Waals surface area (Å²) in [6, 6.07) is 13.3. The van der Waals surface area contributed by atoms with Gasteiger partial charge in [0.2, 0.25) is 0 Å². The Hall–Kier alpha value is -3.40. The number of anilines is 2. The van der Waals surface area contributed by atoms with Crippen molar-refractivity contribution >= 4 is 40.5 Å². The molecule has 0 amide bonds. The predicted octanol–water partition coefficient (Wildman–Crippen LogP) is 6.54. The Morgan fingerprint density at radius 2 is 1.97 bits per heavy atom. The lowest BCUT2D eigenvalue weighted by Crippen LogP contribution is -2.10. The molecular formula is C27H29ClN4O4S. The fourth-order valence-corrected chi connectivity index (χ4v) is 4.68. The van der Waals surface area contributed by atoms with Gasteiger partial charge in [0.1, 0.15) is 23.7 Å². The first-order chi connectivity index (χ1) is 17.9. The Labute approximate surface area is 225 Å². The van der Waals surface area contributed by atoms with Gasteiger partial charge < -0.3 is 19.5 Å². The summed E-state index contributed by atoms with van der Waals surface area (Å²) >= 11 is 8.09. The number of halogens is 1. The third kappa shape index (κ3) is 6.49. The molecule has 1 N–H and O–H groups in total. The summed E-state index contributed by atoms with van der Waals surface area (Å²) in [5.41, 5.74) is 2.93. The molecular weight excluding hydrogens is 512 g/mol. The zero-order chi connectivity index (χ0) is 26.4. The van der Waals surface area contributed by atoms with Gasteiger partial charge in [-0.25, -0.2) is 9.78 Å². The molecule has 10 heteroatoms. The average molecular weight is 541 g/mol. The number of nitrogens with one attached hydrogen (secondary N) is 1. The number of carbonyl (C=O) groups is 1. The van der Waals surface area contributed by atoms with Crippen LogP contribution in [-0.2, 0) is 16.0 Å². The Morgan fingerprint density at radius 1 is 1.14 bits per heavy atom. The van der Waals surface area contributed by atoms with Crippen molar-refractivity contribution in [2.24, 2.45) is 5.92 Å². The number of thiophene rings is 1. The topological polar surface area (TPSA) is 87.5 Å². The van der Waals surface area contributed by atoms with Crippen molar-refractivity contribution in [2.45, 2.75) is 20.4 Å². The second-order valence-corrected chi connectivity index (χ2v) is 10.0. The van der Waals surface area contributed by atoms with Gasteiger partial charge in [-0.1, -0.05) is 31.5 Å². The number of pyridine rings is 1. The van der Waals surface area contributed by atoms with E-state index >= 15 is 0 Å². The number of ether oxygens (including phenoxy) is 3. The van der Waals surface area contributed by atoms with E-state index in [2.05, 4.69) is 24.1 Å². The standard InChI is InChI=1S/C27H29ClN4O4S/c1-17(2)16-32-22(18-7-8-23(21(28)13-18)36-10-9-34-3)14-25(31-32)30-26-20(27(33)35-4)12-19(15-29-26)24-6-5-11-37-24/h5-8,11-15,17H,9-10,16H2,1-4H3,(H,29,30,31). The molecule has 0 spiro atoms. The highest BCUT2D eigenvalue weighted by Crippen LogP contribution is 2.33. The van der Waals surface area contributed by atoms with Crippen molar-refractivity contribution < 1.29 is 19.0 Å². The molecule has 194 valence electrons. The lowest BCUT2D eigenvalue weighted by atomic mass is 10.1. The number of esters is 1. The van der Waals surface area contributed by atoms with Gasteiger partial charge in [0.15, 0.2) is 5.82 Å². The second kappa shape index (κ2) is 12.2. The SMILES string of the molecule is COCCOc1ccc(-c2cc(Nc3ncc(-c4cccs4)cc3C(=O)OC)nn2CC(C)C)cc1Cl. The van der Waals surface area contributed by atoms with Crippen LogP contribution < -0.4 is 10.1 Å². The molecule has 3 aromatic heterocycles. The number of hydrogen-bond donors (Lipinski definition) is 1. The van der Waals surface area contributed by atoms with Crippen LogP contribution in [-0.4, -0.2) is 48.2 Å². The number of carbonyl (C=O) groups excluding carboxylic acids is 1. The molecule has 0 atom stereocenters. The number of methoxy groups -OCH3 is 2. The normalized spacial score (nSPS) is 11.1. The van der Waals surface area contributed by atoms with Crippen molar-refractivity contribution in [3.63, 3.8) is 0 Å². The van der Waals surface area contributed by atoms with Crippen LogP contribution >= 0.6 is 22.9 Å². The van der Waals surface area contributed by atoms with Crippen LogP contribution in [0.15, 0.2) is 54.0 Å². The number of hydrogen-bond acceptors (Lipinski definition) is 8. The fourth-order valence-electron chi connectivity index (χ4n) is 3.74. The molecule has 37 heavy (non-hydrogen) atoms. The van der Waals surface area contributed by atoms with Crippen LogP contribution in [0.2, 0.25) is 5.02 Å². The number of nitrogens with zero attached hydrogens (tertiary/aromatic N) is 3. The highest BCUT2D eigenvalue weighted by Gasteiger charge is 2.19. The summed E-state index contributed by atoms with van der Waals surface area (Å²) < 4.78 is 17.7. The molecule has 4 aromatic rings. The van der Waals surface area contributed by atoms with E-state index in [-0.39, 0.29) is 0 Å². The van der Waals surface area contributed by atoms with E-state index in [9.17, 15) is 4.79 Å². The van der Waals surface area contributed by atoms with E-state index in [0.29, 0.717) is 53.6 Å². The average Bonchev–Trinajstić information content (AvgIpc) is 3.55. The largest absolute Gasteiger partial charge is 0.490 e. The van der Waals surface area contributed by atoms with Gasteiger partial charge in [-0.05, 0) is 41.6 Å². The van der Waals surface area contributed by atoms with Crippen molar-refractivity contribution in [3.8, 4) is 27.4 Å². The van der Waals surface area contributed by atoms with Gasteiger partial charge in [-0.15, -0.1) is 11.3 Å². The first-order valence-corrected chi connectivity index (χ1v) is 13.0. The van der Waals surface area contributed by atoms with Crippen LogP contribution in [0.25, 0.3) is 21.7 Å². The first kappa shape index (κ1) is 26.7. The summed E-state index contributed by atoms with van der Waals surface area (Å²) in [6.07, 6.45) is 1.73. The molecule has 0 saturated carbocycles. The quantitative estimate of drug-likeness (QED) is 0.171. The second-order valence-electron chi connectivity index (χ2n) is 8.69. The summed E-state index contributed by atoms with van der Waals surface area (Å²) in [6.45, 7) is 5.83. The molecule has 0 unspecified atom stereocenters. The molecule has 4 rings (SSSR count). The van der Waals surface area contributed by atoms with Gasteiger partial charge in [0.05, 0.1) is 24.4 Å². The Kier molecular flexibility index (Phi) is 8.81. The zero-order valence-corrected chi connectivity index (χ0v) is 22.7. The molecule has 3 heterocycles. The minimum Gasteiger partial charge on any atom is -0.490 e. The number of benzene rings is 1. The van der Waals surface area contributed by atoms with E-state index in [4.69, 9.17) is 30.9 Å². The third-order valence-corrected chi connectivity index (χ3v) is 6.65. The zero-order valence-electron chi connectivity index (χ0n) is 21.2. The maximum Gasteiger partial charge on any atom is 0.341 e. The highest BCUT2D eigenvalue weighted by molar-refractivity contribution is 7.13. The molecule has 0 radical (unpaired) electrons. The van der Waals surface area contributed by atoms with Crippen molar-refractivity contribution in [1.82, 2.24) is 14.8 Å². The predicted molar refractivity (Wildman–Crippen MR) is 147 cm³/mol. The monoisotopic (exact) mass is 540 g/mol. The molecule has 0 aliphatic heterocycles. The van der Waals surface area contributed by atoms with Gasteiger partial charge in [0, 0.05) is 41.9 Å². The smallest absolute Gasteiger partial charge is 0.341 e. The maximum atomic E-state index is 12.6. The lowest BCUT2D eigenvalue weighted by Gasteiger charge is -2.12. The lowest BCUT2D eigenvalue weighted by molar-refractivity contribution is 0.0601. The summed E-state index contributed by atoms with van der Waals surface area (Å²) in [4.78, 5) is 18.1. The Morgan fingerprint density at radius 3 is 2.65 bits per heavy atom. The van der Waals surface area contributed by atoms with Gasteiger partial charge >= 0.3 is 5.97 Å². The minimum atomic E-state index is -0.480. The van der Waals surface area contributed by atoms with Crippen molar-refractivity contribution in [3.05, 3.63) is 64.6 Å². The van der Waals surface area contributed by atoms with E-state index < -0.39 is 5.97 Å². The van der Waals surface area contributed by atoms with E-state index in [1.54, 1.807) is 30.7 Å². The molecule has 0 bridgehead atoms. The van der Waals surface area contributed by atoms with Crippen LogP contribution in [0.3, 0.4) is 0 Å². The summed E-state index contributed by atoms with van der Waals surface area (Å²) in [7, 11) is 2.98. The Balaban J connectivity index is 1.67. The van der Waals surface area contributed by atoms with Crippen molar-refractivity contribution in [2.75, 3.05) is 32.8 Å². The van der Waals surface area contributed by atoms with E-state index in [1.165, 1.54) is 7.11 Å². The van der Waals surface area contributed by atoms with Crippen LogP contribution in [0, 0.1) is 5.92 Å². The van der Waals surface area contributed by atoms with Crippen LogP contribution in [0.4, 0.5) is 11.6 Å². The number of aromatic nitrogens is 3. The first-order valence-electron chi connectivity index (χ1n) is 11.8. The molecule has 0 aliphatic carbocycles. The maximum absolute atomic E-state index is 12.6. The van der Waals surface area contributed by atoms with E-state index in [0.717, 1.165) is 21.7 Å². The molecule has 1 aromatic carbocycles. The van der Waals surface area contributed by atoms with Gasteiger partial charge in [-0.3, -0.25) is 4.68 Å². The van der Waals surface area contributed by atoms with Gasteiger partial charge in [-0.2, -0.15) is 5.10 Å². The molecule has 8 nitrogen and oxygen atoms in total. The van der Waals surface area contributed by atoms with Crippen molar-refractivity contribution in [1.29, 1.82) is 0 Å². The highest BCUT2D eigenvalue weighted by atomic mass is 35.5. The fraction of sp³-hybridized carbons (Fsp3) is 0.296.